The smallest absolute Gasteiger partial charge is 0.255 e. The van der Waals surface area contributed by atoms with Crippen molar-refractivity contribution in [3.05, 3.63) is 72.0 Å². The summed E-state index contributed by atoms with van der Waals surface area (Å²) in [5, 5.41) is 5.20. The average molecular weight is 277 g/mol. The van der Waals surface area contributed by atoms with Gasteiger partial charge in [-0.15, -0.1) is 0 Å². The van der Waals surface area contributed by atoms with Crippen molar-refractivity contribution in [1.29, 1.82) is 0 Å². The predicted octanol–water partition coefficient (Wildman–Crippen LogP) is 4.44. The van der Waals surface area contributed by atoms with Crippen LogP contribution in [0.4, 0.5) is 0 Å². The molecule has 2 aromatic rings. The number of amides is 1. The van der Waals surface area contributed by atoms with Crippen LogP contribution < -0.4 is 5.32 Å². The lowest BCUT2D eigenvalue weighted by Gasteiger charge is -2.22. The number of benzene rings is 2. The van der Waals surface area contributed by atoms with Gasteiger partial charge in [-0.05, 0) is 40.8 Å². The number of rotatable bonds is 2. The lowest BCUT2D eigenvalue weighted by molar-refractivity contribution is 0.0967. The van der Waals surface area contributed by atoms with E-state index in [0.717, 1.165) is 22.9 Å². The molecule has 0 bridgehead atoms. The van der Waals surface area contributed by atoms with Gasteiger partial charge in [0, 0.05) is 11.3 Å². The molecule has 0 spiro atoms. The first kappa shape index (κ1) is 13.6. The van der Waals surface area contributed by atoms with Crippen LogP contribution in [0.3, 0.4) is 0 Å². The highest BCUT2D eigenvalue weighted by Crippen LogP contribution is 2.27. The highest BCUT2D eigenvalue weighted by molar-refractivity contribution is 5.99. The Kier molecular flexibility index (Phi) is 3.38. The van der Waals surface area contributed by atoms with Gasteiger partial charge in [0.15, 0.2) is 0 Å². The maximum Gasteiger partial charge on any atom is 0.255 e. The molecule has 2 nitrogen and oxygen atoms in total. The number of carbonyl (C=O) groups excluding carboxylic acids is 1. The molecule has 106 valence electrons. The van der Waals surface area contributed by atoms with Crippen LogP contribution in [0.15, 0.2) is 66.4 Å². The van der Waals surface area contributed by atoms with E-state index >= 15 is 0 Å². The Labute approximate surface area is 125 Å². The second-order valence-electron chi connectivity index (χ2n) is 6.20. The molecule has 0 fully saturated rings. The first-order valence-electron chi connectivity index (χ1n) is 7.23. The van der Waals surface area contributed by atoms with Crippen molar-refractivity contribution in [1.82, 2.24) is 5.32 Å². The molecule has 3 rings (SSSR count). The SMILES string of the molecule is CC1(C)C=CC(NC(=O)c2ccc3ccccc3c2)=CC1. The number of carbonyl (C=O) groups is 1. The van der Waals surface area contributed by atoms with Gasteiger partial charge in [0.1, 0.15) is 0 Å². The molecule has 0 saturated carbocycles. The van der Waals surface area contributed by atoms with Gasteiger partial charge in [-0.1, -0.05) is 56.3 Å². The average Bonchev–Trinajstić information content (AvgIpc) is 2.49. The first-order valence-corrected chi connectivity index (χ1v) is 7.23. The number of allylic oxidation sites excluding steroid dienone is 3. The van der Waals surface area contributed by atoms with Crippen LogP contribution in [-0.4, -0.2) is 5.91 Å². The normalized spacial score (nSPS) is 16.6. The Balaban J connectivity index is 1.79. The second-order valence-corrected chi connectivity index (χ2v) is 6.20. The van der Waals surface area contributed by atoms with Crippen molar-refractivity contribution in [2.75, 3.05) is 0 Å². The van der Waals surface area contributed by atoms with E-state index in [4.69, 9.17) is 0 Å². The van der Waals surface area contributed by atoms with E-state index in [1.54, 1.807) is 0 Å². The summed E-state index contributed by atoms with van der Waals surface area (Å²) in [5.41, 5.74) is 1.75. The molecule has 0 saturated heterocycles. The summed E-state index contributed by atoms with van der Waals surface area (Å²) in [6.45, 7) is 4.36. The molecule has 21 heavy (non-hydrogen) atoms. The van der Waals surface area contributed by atoms with Crippen LogP contribution in [-0.2, 0) is 0 Å². The number of hydrogen-bond acceptors (Lipinski definition) is 1. The Morgan fingerprint density at radius 3 is 2.57 bits per heavy atom. The topological polar surface area (TPSA) is 29.1 Å². The van der Waals surface area contributed by atoms with E-state index in [9.17, 15) is 4.79 Å². The Bertz CT molecular complexity index is 753. The molecule has 2 aromatic carbocycles. The fourth-order valence-electron chi connectivity index (χ4n) is 2.45. The van der Waals surface area contributed by atoms with Gasteiger partial charge in [-0.2, -0.15) is 0 Å². The fourth-order valence-corrected chi connectivity index (χ4v) is 2.45. The zero-order chi connectivity index (χ0) is 14.9. The summed E-state index contributed by atoms with van der Waals surface area (Å²) < 4.78 is 0. The number of nitrogens with one attached hydrogen (secondary N) is 1. The highest BCUT2D eigenvalue weighted by atomic mass is 16.1. The van der Waals surface area contributed by atoms with Gasteiger partial charge in [-0.3, -0.25) is 4.79 Å². The largest absolute Gasteiger partial charge is 0.322 e. The molecular weight excluding hydrogens is 258 g/mol. The van der Waals surface area contributed by atoms with E-state index in [1.807, 2.05) is 48.5 Å². The van der Waals surface area contributed by atoms with Crippen LogP contribution in [0.25, 0.3) is 10.8 Å². The van der Waals surface area contributed by atoms with E-state index in [2.05, 4.69) is 31.3 Å². The van der Waals surface area contributed by atoms with Crippen LogP contribution in [0.1, 0.15) is 30.6 Å². The van der Waals surface area contributed by atoms with Crippen LogP contribution >= 0.6 is 0 Å². The van der Waals surface area contributed by atoms with Crippen molar-refractivity contribution in [2.24, 2.45) is 5.41 Å². The van der Waals surface area contributed by atoms with E-state index in [-0.39, 0.29) is 11.3 Å². The monoisotopic (exact) mass is 277 g/mol. The minimum atomic E-state index is -0.0589. The summed E-state index contributed by atoms with van der Waals surface area (Å²) in [5.74, 6) is -0.0589. The van der Waals surface area contributed by atoms with E-state index in [1.165, 1.54) is 0 Å². The summed E-state index contributed by atoms with van der Waals surface area (Å²) >= 11 is 0. The molecule has 0 aliphatic heterocycles. The van der Waals surface area contributed by atoms with Crippen molar-refractivity contribution in [3.63, 3.8) is 0 Å². The van der Waals surface area contributed by atoms with Gasteiger partial charge in [0.05, 0.1) is 0 Å². The first-order chi connectivity index (χ1) is 10.0. The molecule has 0 heterocycles. The lowest BCUT2D eigenvalue weighted by atomic mass is 9.85. The van der Waals surface area contributed by atoms with Crippen molar-refractivity contribution >= 4 is 16.7 Å². The molecule has 0 unspecified atom stereocenters. The third-order valence-electron chi connectivity index (χ3n) is 3.83. The maximum absolute atomic E-state index is 12.3. The number of hydrogen-bond donors (Lipinski definition) is 1. The summed E-state index contributed by atoms with van der Waals surface area (Å²) in [4.78, 5) is 12.3. The third-order valence-corrected chi connectivity index (χ3v) is 3.83. The number of fused-ring (bicyclic) bond motifs is 1. The van der Waals surface area contributed by atoms with E-state index in [0.29, 0.717) is 5.56 Å². The molecule has 1 amide bonds. The highest BCUT2D eigenvalue weighted by Gasteiger charge is 2.17. The molecule has 1 N–H and O–H groups in total. The Morgan fingerprint density at radius 1 is 1.10 bits per heavy atom. The Morgan fingerprint density at radius 2 is 1.86 bits per heavy atom. The van der Waals surface area contributed by atoms with Crippen LogP contribution in [0.5, 0.6) is 0 Å². The van der Waals surface area contributed by atoms with Gasteiger partial charge < -0.3 is 5.32 Å². The lowest BCUT2D eigenvalue weighted by Crippen LogP contribution is -2.24. The van der Waals surface area contributed by atoms with Crippen LogP contribution in [0.2, 0.25) is 0 Å². The standard InChI is InChI=1S/C19H19NO/c1-19(2)11-9-17(10-12-19)20-18(21)16-8-7-14-5-3-4-6-15(14)13-16/h3-11,13H,12H2,1-2H3,(H,20,21). The Hall–Kier alpha value is -2.35. The molecule has 1 aliphatic carbocycles. The minimum Gasteiger partial charge on any atom is -0.322 e. The van der Waals surface area contributed by atoms with Crippen molar-refractivity contribution in [3.8, 4) is 0 Å². The molecule has 0 atom stereocenters. The van der Waals surface area contributed by atoms with Crippen molar-refractivity contribution in [2.45, 2.75) is 20.3 Å². The predicted molar refractivity (Wildman–Crippen MR) is 87.0 cm³/mol. The zero-order valence-electron chi connectivity index (χ0n) is 12.4. The summed E-state index contributed by atoms with van der Waals surface area (Å²) in [7, 11) is 0. The van der Waals surface area contributed by atoms with E-state index < -0.39 is 0 Å². The maximum atomic E-state index is 12.3. The quantitative estimate of drug-likeness (QED) is 0.864. The molecular formula is C19H19NO. The molecule has 0 aromatic heterocycles. The zero-order valence-corrected chi connectivity index (χ0v) is 12.4. The second kappa shape index (κ2) is 5.21. The van der Waals surface area contributed by atoms with Gasteiger partial charge >= 0.3 is 0 Å². The third kappa shape index (κ3) is 3.05. The van der Waals surface area contributed by atoms with Crippen molar-refractivity contribution < 1.29 is 4.79 Å². The molecule has 2 heteroatoms. The van der Waals surface area contributed by atoms with Gasteiger partial charge in [-0.25, -0.2) is 0 Å². The van der Waals surface area contributed by atoms with Crippen LogP contribution in [0, 0.1) is 5.41 Å². The molecule has 1 aliphatic rings. The van der Waals surface area contributed by atoms with Gasteiger partial charge in [0.2, 0.25) is 0 Å². The fraction of sp³-hybridized carbons (Fsp3) is 0.211. The summed E-state index contributed by atoms with van der Waals surface area (Å²) in [6.07, 6.45) is 7.15. The van der Waals surface area contributed by atoms with Gasteiger partial charge in [0.25, 0.3) is 5.91 Å². The summed E-state index contributed by atoms with van der Waals surface area (Å²) in [6, 6.07) is 13.8. The minimum absolute atomic E-state index is 0.0589. The molecule has 0 radical (unpaired) electrons.